The van der Waals surface area contributed by atoms with Crippen LogP contribution in [0, 0.1) is 0 Å². The van der Waals surface area contributed by atoms with E-state index in [1.165, 1.54) is 22.7 Å². The molecule has 0 spiro atoms. The normalized spacial score (nSPS) is 17.1. The van der Waals surface area contributed by atoms with Gasteiger partial charge in [0.05, 0.1) is 11.1 Å². The molecule has 0 radical (unpaired) electrons. The van der Waals surface area contributed by atoms with Gasteiger partial charge in [-0.15, -0.1) is 0 Å². The number of amides is 1. The second kappa shape index (κ2) is 8.85. The summed E-state index contributed by atoms with van der Waals surface area (Å²) in [5.41, 5.74) is 3.40. The molecular weight excluding hydrogens is 406 g/mol. The van der Waals surface area contributed by atoms with Crippen LogP contribution in [0.3, 0.4) is 0 Å². The number of nitrogens with one attached hydrogen (secondary N) is 1. The van der Waals surface area contributed by atoms with Crippen molar-refractivity contribution in [3.8, 4) is 11.5 Å². The average Bonchev–Trinajstić information content (AvgIpc) is 2.79. The lowest BCUT2D eigenvalue weighted by Gasteiger charge is -2.25. The number of carbonyl (C=O) groups excluding carboxylic acids is 1. The summed E-state index contributed by atoms with van der Waals surface area (Å²) in [7, 11) is -3.60. The molecule has 1 fully saturated rings. The third kappa shape index (κ3) is 4.47. The molecule has 0 aromatic heterocycles. The van der Waals surface area contributed by atoms with Gasteiger partial charge in [0.2, 0.25) is 10.0 Å². The molecule has 1 N–H and O–H groups in total. The number of ether oxygens (including phenoxy) is 2. The van der Waals surface area contributed by atoms with Gasteiger partial charge in [-0.3, -0.25) is 4.79 Å². The number of benzene rings is 2. The van der Waals surface area contributed by atoms with Gasteiger partial charge < -0.3 is 9.47 Å². The zero-order valence-electron chi connectivity index (χ0n) is 16.4. The summed E-state index contributed by atoms with van der Waals surface area (Å²) in [6, 6.07) is 11.4. The fourth-order valence-corrected chi connectivity index (χ4v) is 4.99. The van der Waals surface area contributed by atoms with Crippen LogP contribution in [0.2, 0.25) is 0 Å². The van der Waals surface area contributed by atoms with Crippen LogP contribution in [0.5, 0.6) is 11.5 Å². The second-order valence-corrected chi connectivity index (χ2v) is 9.03. The average molecular weight is 429 g/mol. The molecule has 0 aliphatic carbocycles. The van der Waals surface area contributed by atoms with Gasteiger partial charge in [0.15, 0.2) is 11.5 Å². The molecule has 158 valence electrons. The second-order valence-electron chi connectivity index (χ2n) is 7.09. The van der Waals surface area contributed by atoms with Gasteiger partial charge in [-0.05, 0) is 54.8 Å². The fraction of sp³-hybridized carbons (Fsp3) is 0.333. The summed E-state index contributed by atoms with van der Waals surface area (Å²) >= 11 is 0. The molecular formula is C21H23N3O5S. The van der Waals surface area contributed by atoms with Crippen LogP contribution in [0.4, 0.5) is 0 Å². The molecule has 2 aliphatic heterocycles. The molecule has 30 heavy (non-hydrogen) atoms. The zero-order valence-corrected chi connectivity index (χ0v) is 17.2. The minimum Gasteiger partial charge on any atom is -0.486 e. The highest BCUT2D eigenvalue weighted by Crippen LogP contribution is 2.30. The third-order valence-electron chi connectivity index (χ3n) is 4.99. The number of sulfonamides is 1. The number of nitrogens with zero attached hydrogens (tertiary/aromatic N) is 2. The van der Waals surface area contributed by atoms with Crippen LogP contribution in [0.25, 0.3) is 0 Å². The Morgan fingerprint density at radius 2 is 1.77 bits per heavy atom. The van der Waals surface area contributed by atoms with Gasteiger partial charge in [-0.2, -0.15) is 9.41 Å². The van der Waals surface area contributed by atoms with Gasteiger partial charge in [0.1, 0.15) is 13.2 Å². The van der Waals surface area contributed by atoms with Gasteiger partial charge in [-0.25, -0.2) is 13.8 Å². The minimum absolute atomic E-state index is 0.118. The molecule has 0 bridgehead atoms. The Morgan fingerprint density at radius 3 is 2.57 bits per heavy atom. The van der Waals surface area contributed by atoms with E-state index in [1.807, 2.05) is 0 Å². The summed E-state index contributed by atoms with van der Waals surface area (Å²) in [5.74, 6) is 0.820. The molecule has 8 nitrogen and oxygen atoms in total. The SMILES string of the molecule is O=C(N/N=C\c1ccc2c(c1)OCCO2)c1cccc(S(=O)(=O)N2CCCCC2)c1. The van der Waals surface area contributed by atoms with Gasteiger partial charge >= 0.3 is 0 Å². The van der Waals surface area contributed by atoms with Crippen LogP contribution in [0.15, 0.2) is 52.5 Å². The first-order valence-electron chi connectivity index (χ1n) is 9.87. The van der Waals surface area contributed by atoms with Crippen LogP contribution in [-0.2, 0) is 10.0 Å². The smallest absolute Gasteiger partial charge is 0.271 e. The van der Waals surface area contributed by atoms with Gasteiger partial charge in [0.25, 0.3) is 5.91 Å². The Bertz CT molecular complexity index is 1060. The molecule has 0 unspecified atom stereocenters. The highest BCUT2D eigenvalue weighted by Gasteiger charge is 2.26. The Hall–Kier alpha value is -2.91. The number of hydrogen-bond acceptors (Lipinski definition) is 6. The van der Waals surface area contributed by atoms with Crippen LogP contribution >= 0.6 is 0 Å². The maximum atomic E-state index is 12.8. The monoisotopic (exact) mass is 429 g/mol. The highest BCUT2D eigenvalue weighted by molar-refractivity contribution is 7.89. The maximum Gasteiger partial charge on any atom is 0.271 e. The van der Waals surface area contributed by atoms with E-state index in [0.717, 1.165) is 24.8 Å². The minimum atomic E-state index is -3.60. The highest BCUT2D eigenvalue weighted by atomic mass is 32.2. The molecule has 1 amide bonds. The quantitative estimate of drug-likeness (QED) is 0.581. The molecule has 2 heterocycles. The first-order chi connectivity index (χ1) is 14.5. The van der Waals surface area contributed by atoms with Gasteiger partial charge in [-0.1, -0.05) is 12.5 Å². The molecule has 2 aromatic carbocycles. The molecule has 2 aliphatic rings. The molecule has 9 heteroatoms. The van der Waals surface area contributed by atoms with Crippen LogP contribution in [-0.4, -0.2) is 51.1 Å². The van der Waals surface area contributed by atoms with Crippen molar-refractivity contribution in [1.29, 1.82) is 0 Å². The number of hydrogen-bond donors (Lipinski definition) is 1. The lowest BCUT2D eigenvalue weighted by atomic mass is 10.2. The summed E-state index contributed by atoms with van der Waals surface area (Å²) in [6.07, 6.45) is 4.24. The Balaban J connectivity index is 1.44. The molecule has 4 rings (SSSR count). The van der Waals surface area contributed by atoms with E-state index in [9.17, 15) is 13.2 Å². The number of hydrazone groups is 1. The Kier molecular flexibility index (Phi) is 6.01. The topological polar surface area (TPSA) is 97.3 Å². The van der Waals surface area contributed by atoms with Gasteiger partial charge in [0, 0.05) is 18.7 Å². The van der Waals surface area contributed by atoms with E-state index in [-0.39, 0.29) is 10.5 Å². The van der Waals surface area contributed by atoms with Crippen molar-refractivity contribution in [3.63, 3.8) is 0 Å². The van der Waals surface area contributed by atoms with Crippen molar-refractivity contribution in [2.75, 3.05) is 26.3 Å². The van der Waals surface area contributed by atoms with E-state index < -0.39 is 15.9 Å². The fourth-order valence-electron chi connectivity index (χ4n) is 3.42. The number of piperidine rings is 1. The summed E-state index contributed by atoms with van der Waals surface area (Å²) < 4.78 is 38.1. The predicted molar refractivity (Wildman–Crippen MR) is 112 cm³/mol. The molecule has 2 aromatic rings. The standard InChI is InChI=1S/C21H23N3O5S/c25-21(23-22-15-16-7-8-19-20(13-16)29-12-11-28-19)17-5-4-6-18(14-17)30(26,27)24-9-2-1-3-10-24/h4-8,13-15H,1-3,9-12H2,(H,23,25)/b22-15-. The number of rotatable bonds is 5. The summed E-state index contributed by atoms with van der Waals surface area (Å²) in [4.78, 5) is 12.6. The zero-order chi connectivity index (χ0) is 21.0. The number of fused-ring (bicyclic) bond motifs is 1. The van der Waals surface area contributed by atoms with Crippen molar-refractivity contribution in [2.24, 2.45) is 5.10 Å². The molecule has 0 saturated carbocycles. The number of carbonyl (C=O) groups is 1. The van der Waals surface area contributed by atoms with E-state index in [4.69, 9.17) is 9.47 Å². The van der Waals surface area contributed by atoms with Crippen molar-refractivity contribution < 1.29 is 22.7 Å². The largest absolute Gasteiger partial charge is 0.486 e. The molecule has 1 saturated heterocycles. The predicted octanol–water partition coefficient (Wildman–Crippen LogP) is 2.40. The van der Waals surface area contributed by atoms with Crippen molar-refractivity contribution in [2.45, 2.75) is 24.2 Å². The van der Waals surface area contributed by atoms with E-state index >= 15 is 0 Å². The summed E-state index contributed by atoms with van der Waals surface area (Å²) in [6.45, 7) is 2.03. The van der Waals surface area contributed by atoms with E-state index in [0.29, 0.717) is 37.8 Å². The van der Waals surface area contributed by atoms with E-state index in [1.54, 1.807) is 30.3 Å². The Labute approximate surface area is 175 Å². The van der Waals surface area contributed by atoms with Crippen LogP contribution in [0.1, 0.15) is 35.2 Å². The van der Waals surface area contributed by atoms with Crippen LogP contribution < -0.4 is 14.9 Å². The molecule has 0 atom stereocenters. The maximum absolute atomic E-state index is 12.8. The third-order valence-corrected chi connectivity index (χ3v) is 6.89. The van der Waals surface area contributed by atoms with E-state index in [2.05, 4.69) is 10.5 Å². The van der Waals surface area contributed by atoms with Crippen molar-refractivity contribution in [1.82, 2.24) is 9.73 Å². The lowest BCUT2D eigenvalue weighted by Crippen LogP contribution is -2.35. The lowest BCUT2D eigenvalue weighted by molar-refractivity contribution is 0.0955. The summed E-state index contributed by atoms with van der Waals surface area (Å²) in [5, 5.41) is 3.97. The Morgan fingerprint density at radius 1 is 1.00 bits per heavy atom. The first-order valence-corrected chi connectivity index (χ1v) is 11.3. The van der Waals surface area contributed by atoms with Crippen molar-refractivity contribution >= 4 is 22.1 Å². The first kappa shape index (κ1) is 20.4. The van der Waals surface area contributed by atoms with Crippen molar-refractivity contribution in [3.05, 3.63) is 53.6 Å².